The van der Waals surface area contributed by atoms with Crippen molar-refractivity contribution in [2.45, 2.75) is 39.3 Å². The largest absolute Gasteiger partial charge is 0.365 e. The molecule has 1 saturated heterocycles. The highest BCUT2D eigenvalue weighted by molar-refractivity contribution is 5.95. The lowest BCUT2D eigenvalue weighted by molar-refractivity contribution is 0.0930. The zero-order valence-corrected chi connectivity index (χ0v) is 14.1. The van der Waals surface area contributed by atoms with Crippen LogP contribution in [0.25, 0.3) is 0 Å². The van der Waals surface area contributed by atoms with Crippen molar-refractivity contribution in [2.75, 3.05) is 18.0 Å². The number of hydrogen-bond acceptors (Lipinski definition) is 4. The van der Waals surface area contributed by atoms with Crippen LogP contribution in [0.5, 0.6) is 0 Å². The van der Waals surface area contributed by atoms with Gasteiger partial charge in [0.2, 0.25) is 0 Å². The average Bonchev–Trinajstić information content (AvgIpc) is 3.02. The second-order valence-corrected chi connectivity index (χ2v) is 6.09. The molecule has 1 aliphatic heterocycles. The summed E-state index contributed by atoms with van der Waals surface area (Å²) in [5, 5.41) is 3.08. The quantitative estimate of drug-likeness (QED) is 0.886. The second kappa shape index (κ2) is 6.90. The second-order valence-electron chi connectivity index (χ2n) is 6.09. The van der Waals surface area contributed by atoms with E-state index in [1.165, 1.54) is 0 Å². The van der Waals surface area contributed by atoms with Gasteiger partial charge in [-0.3, -0.25) is 9.59 Å². The van der Waals surface area contributed by atoms with E-state index in [2.05, 4.69) is 15.3 Å². The van der Waals surface area contributed by atoms with Crippen molar-refractivity contribution in [1.82, 2.24) is 19.9 Å². The number of piperidine rings is 1. The molecule has 7 nitrogen and oxygen atoms in total. The van der Waals surface area contributed by atoms with Gasteiger partial charge in [-0.25, -0.2) is 4.98 Å². The molecule has 0 atom stereocenters. The maximum Gasteiger partial charge on any atom is 0.293 e. The minimum absolute atomic E-state index is 0.0432. The Labute approximate surface area is 140 Å². The number of nitrogens with one attached hydrogen (secondary N) is 2. The van der Waals surface area contributed by atoms with Crippen LogP contribution in [0.2, 0.25) is 0 Å². The fourth-order valence-electron chi connectivity index (χ4n) is 3.10. The predicted octanol–water partition coefficient (Wildman–Crippen LogP) is 1.30. The Bertz CT molecular complexity index is 771. The van der Waals surface area contributed by atoms with E-state index in [0.29, 0.717) is 31.0 Å². The van der Waals surface area contributed by atoms with Gasteiger partial charge in [0.1, 0.15) is 0 Å². The number of H-pyrrole nitrogens is 1. The van der Waals surface area contributed by atoms with Gasteiger partial charge in [0, 0.05) is 50.0 Å². The van der Waals surface area contributed by atoms with Crippen molar-refractivity contribution >= 4 is 11.7 Å². The summed E-state index contributed by atoms with van der Waals surface area (Å²) in [6.07, 6.45) is 6.75. The van der Waals surface area contributed by atoms with Gasteiger partial charge in [0.15, 0.2) is 5.82 Å². The van der Waals surface area contributed by atoms with Crippen LogP contribution in [-0.4, -0.2) is 39.6 Å². The Hall–Kier alpha value is -2.57. The average molecular weight is 329 g/mol. The van der Waals surface area contributed by atoms with Gasteiger partial charge in [0.25, 0.3) is 11.5 Å². The molecule has 128 valence electrons. The van der Waals surface area contributed by atoms with E-state index in [-0.39, 0.29) is 17.5 Å². The standard InChI is InChI=1S/C17H23N5O2/c1-3-21-11-8-19-15(17(21)24)22-9-5-13(6-10-22)20-16(23)14-4-7-18-12(14)2/h4,7-8,11,13,18H,3,5-6,9-10H2,1-2H3,(H,20,23). The third-order valence-corrected chi connectivity index (χ3v) is 4.56. The highest BCUT2D eigenvalue weighted by Gasteiger charge is 2.24. The maximum atomic E-state index is 12.3. The normalized spacial score (nSPS) is 15.5. The lowest BCUT2D eigenvalue weighted by atomic mass is 10.0. The van der Waals surface area contributed by atoms with E-state index in [1.807, 2.05) is 18.7 Å². The summed E-state index contributed by atoms with van der Waals surface area (Å²) in [6, 6.07) is 1.92. The van der Waals surface area contributed by atoms with Gasteiger partial charge < -0.3 is 19.8 Å². The van der Waals surface area contributed by atoms with Crippen LogP contribution in [0.1, 0.15) is 35.8 Å². The Morgan fingerprint density at radius 2 is 2.17 bits per heavy atom. The van der Waals surface area contributed by atoms with E-state index in [1.54, 1.807) is 29.2 Å². The number of carbonyl (C=O) groups excluding carboxylic acids is 1. The maximum absolute atomic E-state index is 12.3. The number of hydrogen-bond donors (Lipinski definition) is 2. The van der Waals surface area contributed by atoms with Gasteiger partial charge in [-0.1, -0.05) is 0 Å². The fourth-order valence-corrected chi connectivity index (χ4v) is 3.10. The molecule has 2 aromatic rings. The van der Waals surface area contributed by atoms with Crippen molar-refractivity contribution in [3.05, 3.63) is 46.3 Å². The SMILES string of the molecule is CCn1ccnc(N2CCC(NC(=O)c3cc[nH]c3C)CC2)c1=O. The summed E-state index contributed by atoms with van der Waals surface area (Å²) in [4.78, 5) is 33.9. The van der Waals surface area contributed by atoms with Gasteiger partial charge in [-0.05, 0) is 32.8 Å². The van der Waals surface area contributed by atoms with Gasteiger partial charge >= 0.3 is 0 Å². The van der Waals surface area contributed by atoms with E-state index >= 15 is 0 Å². The number of anilines is 1. The third kappa shape index (κ3) is 3.20. The molecular weight excluding hydrogens is 306 g/mol. The fraction of sp³-hybridized carbons (Fsp3) is 0.471. The zero-order chi connectivity index (χ0) is 17.1. The first kappa shape index (κ1) is 16.3. The topological polar surface area (TPSA) is 83.0 Å². The Morgan fingerprint density at radius 3 is 2.79 bits per heavy atom. The summed E-state index contributed by atoms with van der Waals surface area (Å²) in [5.41, 5.74) is 1.51. The molecule has 0 unspecified atom stereocenters. The molecule has 0 bridgehead atoms. The van der Waals surface area contributed by atoms with E-state index < -0.39 is 0 Å². The summed E-state index contributed by atoms with van der Waals surface area (Å²) in [5.74, 6) is 0.462. The first-order chi connectivity index (χ1) is 11.6. The molecule has 1 fully saturated rings. The predicted molar refractivity (Wildman–Crippen MR) is 92.4 cm³/mol. The Balaban J connectivity index is 1.61. The first-order valence-electron chi connectivity index (χ1n) is 8.35. The summed E-state index contributed by atoms with van der Waals surface area (Å²) >= 11 is 0. The van der Waals surface area contributed by atoms with Crippen LogP contribution in [0, 0.1) is 6.92 Å². The van der Waals surface area contributed by atoms with E-state index in [0.717, 1.165) is 18.5 Å². The lowest BCUT2D eigenvalue weighted by Gasteiger charge is -2.32. The van der Waals surface area contributed by atoms with E-state index in [4.69, 9.17) is 0 Å². The van der Waals surface area contributed by atoms with Crippen molar-refractivity contribution in [2.24, 2.45) is 0 Å². The molecule has 2 aromatic heterocycles. The molecular formula is C17H23N5O2. The summed E-state index contributed by atoms with van der Waals surface area (Å²) in [6.45, 7) is 5.89. The number of aromatic nitrogens is 3. The van der Waals surface area contributed by atoms with Crippen LogP contribution in [0.4, 0.5) is 5.82 Å². The van der Waals surface area contributed by atoms with Gasteiger partial charge in [-0.2, -0.15) is 0 Å². The molecule has 3 heterocycles. The van der Waals surface area contributed by atoms with Crippen LogP contribution < -0.4 is 15.8 Å². The van der Waals surface area contributed by atoms with Crippen molar-refractivity contribution < 1.29 is 4.79 Å². The van der Waals surface area contributed by atoms with Crippen LogP contribution in [0.15, 0.2) is 29.5 Å². The number of aryl methyl sites for hydroxylation is 2. The summed E-state index contributed by atoms with van der Waals surface area (Å²) in [7, 11) is 0. The molecule has 2 N–H and O–H groups in total. The van der Waals surface area contributed by atoms with Gasteiger partial charge in [-0.15, -0.1) is 0 Å². The number of amides is 1. The molecule has 24 heavy (non-hydrogen) atoms. The molecule has 0 aromatic carbocycles. The molecule has 0 aliphatic carbocycles. The summed E-state index contributed by atoms with van der Waals surface area (Å²) < 4.78 is 1.66. The smallest absolute Gasteiger partial charge is 0.293 e. The van der Waals surface area contributed by atoms with Crippen LogP contribution >= 0.6 is 0 Å². The molecule has 0 saturated carbocycles. The Morgan fingerprint density at radius 1 is 1.42 bits per heavy atom. The first-order valence-corrected chi connectivity index (χ1v) is 8.35. The lowest BCUT2D eigenvalue weighted by Crippen LogP contribution is -2.46. The minimum atomic E-state index is -0.0505. The van der Waals surface area contributed by atoms with Crippen LogP contribution in [-0.2, 0) is 6.54 Å². The number of nitrogens with zero attached hydrogens (tertiary/aromatic N) is 3. The number of aromatic amines is 1. The van der Waals surface area contributed by atoms with Crippen molar-refractivity contribution in [1.29, 1.82) is 0 Å². The zero-order valence-electron chi connectivity index (χ0n) is 14.1. The third-order valence-electron chi connectivity index (χ3n) is 4.56. The molecule has 3 rings (SSSR count). The molecule has 0 radical (unpaired) electrons. The highest BCUT2D eigenvalue weighted by atomic mass is 16.2. The molecule has 0 spiro atoms. The highest BCUT2D eigenvalue weighted by Crippen LogP contribution is 2.15. The van der Waals surface area contributed by atoms with Crippen LogP contribution in [0.3, 0.4) is 0 Å². The number of carbonyl (C=O) groups is 1. The molecule has 7 heteroatoms. The monoisotopic (exact) mass is 329 g/mol. The Kier molecular flexibility index (Phi) is 4.69. The molecule has 1 amide bonds. The van der Waals surface area contributed by atoms with Crippen molar-refractivity contribution in [3.8, 4) is 0 Å². The van der Waals surface area contributed by atoms with Gasteiger partial charge in [0.05, 0.1) is 5.56 Å². The van der Waals surface area contributed by atoms with Crippen molar-refractivity contribution in [3.63, 3.8) is 0 Å². The number of rotatable bonds is 4. The molecule has 1 aliphatic rings. The van der Waals surface area contributed by atoms with E-state index in [9.17, 15) is 9.59 Å². The minimum Gasteiger partial charge on any atom is -0.365 e.